The second-order valence-electron chi connectivity index (χ2n) is 5.25. The van der Waals surface area contributed by atoms with Crippen LogP contribution in [0.3, 0.4) is 0 Å². The van der Waals surface area contributed by atoms with Crippen LogP contribution in [0.2, 0.25) is 0 Å². The minimum atomic E-state index is -5.10. The van der Waals surface area contributed by atoms with Crippen LogP contribution in [0.15, 0.2) is 47.1 Å². The van der Waals surface area contributed by atoms with Crippen molar-refractivity contribution in [3.63, 3.8) is 0 Å². The molecule has 25 heavy (non-hydrogen) atoms. The smallest absolute Gasteiger partial charge is 0.419 e. The minimum absolute atomic E-state index is 0.104. The number of carbonyl (C=O) groups is 1. The van der Waals surface area contributed by atoms with Gasteiger partial charge >= 0.3 is 6.18 Å². The van der Waals surface area contributed by atoms with Crippen molar-refractivity contribution in [3.8, 4) is 5.75 Å². The maximum absolute atomic E-state index is 13.6. The number of halogens is 3. The lowest BCUT2D eigenvalue weighted by Crippen LogP contribution is -2.61. The van der Waals surface area contributed by atoms with E-state index in [0.29, 0.717) is 0 Å². The summed E-state index contributed by atoms with van der Waals surface area (Å²) in [5.41, 5.74) is 1.62. The van der Waals surface area contributed by atoms with E-state index in [1.54, 1.807) is 0 Å². The molecule has 1 heterocycles. The first-order valence-corrected chi connectivity index (χ1v) is 7.20. The molecule has 2 rings (SSSR count). The molecule has 1 aromatic heterocycles. The first kappa shape index (κ1) is 18.8. The predicted octanol–water partition coefficient (Wildman–Crippen LogP) is 1.85. The van der Waals surface area contributed by atoms with E-state index < -0.39 is 35.8 Å². The van der Waals surface area contributed by atoms with Crippen LogP contribution in [0, 0.1) is 0 Å². The average molecular weight is 358 g/mol. The van der Waals surface area contributed by atoms with Crippen LogP contribution in [0.5, 0.6) is 5.75 Å². The number of hydrogen-bond donors (Lipinski definition) is 3. The zero-order valence-electron chi connectivity index (χ0n) is 13.2. The molecular weight excluding hydrogens is 341 g/mol. The zero-order valence-corrected chi connectivity index (χ0v) is 13.2. The number of aliphatic hydroxyl groups is 1. The maximum Gasteiger partial charge on any atom is 0.419 e. The van der Waals surface area contributed by atoms with Crippen molar-refractivity contribution in [1.82, 2.24) is 5.32 Å². The molecule has 0 aliphatic heterocycles. The van der Waals surface area contributed by atoms with Gasteiger partial charge in [0, 0.05) is 5.56 Å². The van der Waals surface area contributed by atoms with Gasteiger partial charge in [-0.25, -0.2) is 0 Å². The summed E-state index contributed by atoms with van der Waals surface area (Å²) < 4.78 is 50.7. The lowest BCUT2D eigenvalue weighted by molar-refractivity contribution is -0.195. The molecule has 9 heteroatoms. The lowest BCUT2D eigenvalue weighted by Gasteiger charge is -2.32. The Morgan fingerprint density at radius 2 is 2.00 bits per heavy atom. The summed E-state index contributed by atoms with van der Waals surface area (Å²) >= 11 is 0. The largest absolute Gasteiger partial charge is 0.496 e. The number of alkyl halides is 3. The van der Waals surface area contributed by atoms with Gasteiger partial charge in [0.2, 0.25) is 5.54 Å². The highest BCUT2D eigenvalue weighted by atomic mass is 19.4. The summed E-state index contributed by atoms with van der Waals surface area (Å²) in [6.45, 7) is -0.503. The molecule has 4 N–H and O–H groups in total. The number of hydrogen-bond acceptors (Lipinski definition) is 5. The number of nitrogens with two attached hydrogens (primary N) is 1. The van der Waals surface area contributed by atoms with Gasteiger partial charge < -0.3 is 25.3 Å². The van der Waals surface area contributed by atoms with Crippen LogP contribution in [0.25, 0.3) is 0 Å². The van der Waals surface area contributed by atoms with Crippen molar-refractivity contribution in [2.24, 2.45) is 5.73 Å². The van der Waals surface area contributed by atoms with E-state index in [2.05, 4.69) is 0 Å². The molecule has 0 saturated heterocycles. The van der Waals surface area contributed by atoms with Gasteiger partial charge in [0.05, 0.1) is 19.9 Å². The Labute approximate surface area is 141 Å². The number of amides is 1. The van der Waals surface area contributed by atoms with Crippen LogP contribution in [0.4, 0.5) is 13.2 Å². The van der Waals surface area contributed by atoms with Gasteiger partial charge in [0.25, 0.3) is 5.91 Å². The summed E-state index contributed by atoms with van der Waals surface area (Å²) in [5.74, 6) is -1.59. The van der Waals surface area contributed by atoms with Crippen LogP contribution in [-0.4, -0.2) is 30.8 Å². The summed E-state index contributed by atoms with van der Waals surface area (Å²) in [6.07, 6.45) is -5.12. The van der Waals surface area contributed by atoms with Crippen LogP contribution < -0.4 is 15.8 Å². The highest BCUT2D eigenvalue weighted by Gasteiger charge is 2.60. The van der Waals surface area contributed by atoms with E-state index in [0.717, 1.165) is 6.07 Å². The molecule has 2 aromatic rings. The Bertz CT molecular complexity index is 718. The molecule has 136 valence electrons. The Kier molecular flexibility index (Phi) is 5.39. The molecular formula is C16H17F3N2O4. The first-order valence-electron chi connectivity index (χ1n) is 7.20. The number of furan rings is 1. The van der Waals surface area contributed by atoms with Gasteiger partial charge in [0.1, 0.15) is 17.6 Å². The van der Waals surface area contributed by atoms with E-state index in [9.17, 15) is 23.1 Å². The molecule has 0 aliphatic rings. The molecule has 0 fully saturated rings. The molecule has 0 saturated carbocycles. The number of aliphatic hydroxyl groups excluding tert-OH is 1. The Balaban J connectivity index is 2.29. The molecule has 0 unspecified atom stereocenters. The predicted molar refractivity (Wildman–Crippen MR) is 81.6 cm³/mol. The topological polar surface area (TPSA) is 97.7 Å². The number of nitrogens with one attached hydrogen (secondary N) is 1. The fourth-order valence-electron chi connectivity index (χ4n) is 2.28. The SMILES string of the molecule is COc1ccccc1[C@@](N)(C(=O)NC[C@H](O)c1ccco1)C(F)(F)F. The highest BCUT2D eigenvalue weighted by Crippen LogP contribution is 2.41. The molecule has 0 aliphatic carbocycles. The van der Waals surface area contributed by atoms with Gasteiger partial charge in [0.15, 0.2) is 0 Å². The second kappa shape index (κ2) is 7.16. The molecule has 0 radical (unpaired) electrons. The molecule has 0 spiro atoms. The number of carbonyl (C=O) groups excluding carboxylic acids is 1. The van der Waals surface area contributed by atoms with Crippen molar-refractivity contribution < 1.29 is 32.2 Å². The van der Waals surface area contributed by atoms with Gasteiger partial charge in [-0.3, -0.25) is 4.79 Å². The van der Waals surface area contributed by atoms with Gasteiger partial charge in [-0.05, 0) is 18.2 Å². The molecule has 2 atom stereocenters. The quantitative estimate of drug-likeness (QED) is 0.732. The molecule has 0 bridgehead atoms. The highest BCUT2D eigenvalue weighted by molar-refractivity contribution is 5.89. The molecule has 6 nitrogen and oxygen atoms in total. The number of rotatable bonds is 6. The number of methoxy groups -OCH3 is 1. The molecule has 1 aromatic carbocycles. The second-order valence-corrected chi connectivity index (χ2v) is 5.25. The van der Waals surface area contributed by atoms with Gasteiger partial charge in [-0.2, -0.15) is 13.2 Å². The van der Waals surface area contributed by atoms with E-state index >= 15 is 0 Å². The third-order valence-electron chi connectivity index (χ3n) is 3.66. The number of para-hydroxylation sites is 1. The molecule has 1 amide bonds. The van der Waals surface area contributed by atoms with Crippen molar-refractivity contribution in [2.45, 2.75) is 17.8 Å². The summed E-state index contributed by atoms with van der Waals surface area (Å²) in [7, 11) is 1.17. The van der Waals surface area contributed by atoms with Crippen LogP contribution in [-0.2, 0) is 10.3 Å². The zero-order chi connectivity index (χ0) is 18.7. The van der Waals surface area contributed by atoms with Gasteiger partial charge in [-0.15, -0.1) is 0 Å². The van der Waals surface area contributed by atoms with E-state index in [4.69, 9.17) is 14.9 Å². The Hall–Kier alpha value is -2.52. The third kappa shape index (κ3) is 3.62. The summed E-state index contributed by atoms with van der Waals surface area (Å²) in [5, 5.41) is 11.9. The monoisotopic (exact) mass is 358 g/mol. The van der Waals surface area contributed by atoms with E-state index in [1.165, 1.54) is 43.7 Å². The minimum Gasteiger partial charge on any atom is -0.496 e. The average Bonchev–Trinajstić information content (AvgIpc) is 3.12. The van der Waals surface area contributed by atoms with Crippen molar-refractivity contribution in [1.29, 1.82) is 0 Å². The fraction of sp³-hybridized carbons (Fsp3) is 0.312. The van der Waals surface area contributed by atoms with E-state index in [1.807, 2.05) is 5.32 Å². The van der Waals surface area contributed by atoms with Crippen molar-refractivity contribution >= 4 is 5.91 Å². The van der Waals surface area contributed by atoms with Crippen LogP contribution >= 0.6 is 0 Å². The number of benzene rings is 1. The summed E-state index contributed by atoms with van der Waals surface area (Å²) in [4.78, 5) is 12.3. The number of ether oxygens (including phenoxy) is 1. The van der Waals surface area contributed by atoms with Crippen molar-refractivity contribution in [2.75, 3.05) is 13.7 Å². The lowest BCUT2D eigenvalue weighted by atomic mass is 9.88. The standard InChI is InChI=1S/C16H17F3N2O4/c1-24-12-6-3-2-5-10(12)15(20,16(17,18)19)14(23)21-9-11(22)13-7-4-8-25-13/h2-8,11,22H,9,20H2,1H3,(H,21,23)/t11-,15+/m0/s1. The maximum atomic E-state index is 13.6. The Morgan fingerprint density at radius 3 is 2.56 bits per heavy atom. The van der Waals surface area contributed by atoms with Crippen molar-refractivity contribution in [3.05, 3.63) is 54.0 Å². The normalized spacial score (nSPS) is 15.3. The Morgan fingerprint density at radius 1 is 1.32 bits per heavy atom. The van der Waals surface area contributed by atoms with Gasteiger partial charge in [-0.1, -0.05) is 18.2 Å². The van der Waals surface area contributed by atoms with Crippen LogP contribution in [0.1, 0.15) is 17.4 Å². The first-order chi connectivity index (χ1) is 11.7. The van der Waals surface area contributed by atoms with E-state index in [-0.39, 0.29) is 11.5 Å². The fourth-order valence-corrected chi connectivity index (χ4v) is 2.28. The summed E-state index contributed by atoms with van der Waals surface area (Å²) in [6, 6.07) is 8.03. The third-order valence-corrected chi connectivity index (χ3v) is 3.66.